The van der Waals surface area contributed by atoms with Gasteiger partial charge in [-0.3, -0.25) is 4.79 Å². The molecule has 35 heavy (non-hydrogen) atoms. The summed E-state index contributed by atoms with van der Waals surface area (Å²) in [6.45, 7) is 4.06. The maximum absolute atomic E-state index is 13.5. The molecule has 4 rings (SSSR count). The Kier molecular flexibility index (Phi) is 8.11. The SMILES string of the molecule is CC[C@@H](C)Oc1c(OC)cc(C=Nn2c(C3CCCCC3)nc3ccc(Br)cc3c2=O)cc1OC. The van der Waals surface area contributed by atoms with Crippen LogP contribution >= 0.6 is 15.9 Å². The van der Waals surface area contributed by atoms with Crippen molar-refractivity contribution in [3.8, 4) is 17.2 Å². The van der Waals surface area contributed by atoms with Crippen molar-refractivity contribution in [3.63, 3.8) is 0 Å². The van der Waals surface area contributed by atoms with Crippen molar-refractivity contribution in [2.45, 2.75) is 64.4 Å². The minimum atomic E-state index is -0.177. The molecule has 0 bridgehead atoms. The third kappa shape index (κ3) is 5.53. The van der Waals surface area contributed by atoms with Crippen molar-refractivity contribution in [2.24, 2.45) is 5.10 Å². The Morgan fingerprint density at radius 1 is 1.14 bits per heavy atom. The molecule has 3 aromatic rings. The Morgan fingerprint density at radius 2 is 1.83 bits per heavy atom. The molecule has 186 valence electrons. The van der Waals surface area contributed by atoms with Crippen molar-refractivity contribution in [1.82, 2.24) is 9.66 Å². The highest BCUT2D eigenvalue weighted by Gasteiger charge is 2.23. The van der Waals surface area contributed by atoms with Crippen LogP contribution in [0.2, 0.25) is 0 Å². The number of ether oxygens (including phenoxy) is 3. The zero-order valence-corrected chi connectivity index (χ0v) is 22.3. The maximum Gasteiger partial charge on any atom is 0.282 e. The smallest absolute Gasteiger partial charge is 0.282 e. The molecule has 0 amide bonds. The van der Waals surface area contributed by atoms with E-state index in [0.29, 0.717) is 28.2 Å². The van der Waals surface area contributed by atoms with Crippen molar-refractivity contribution in [1.29, 1.82) is 0 Å². The Bertz CT molecular complexity index is 1260. The first-order valence-electron chi connectivity index (χ1n) is 12.1. The number of rotatable bonds is 8. The fourth-order valence-electron chi connectivity index (χ4n) is 4.40. The molecule has 8 heteroatoms. The lowest BCUT2D eigenvalue weighted by atomic mass is 9.88. The van der Waals surface area contributed by atoms with Gasteiger partial charge in [0.05, 0.1) is 37.4 Å². The van der Waals surface area contributed by atoms with E-state index >= 15 is 0 Å². The van der Waals surface area contributed by atoms with E-state index in [0.717, 1.165) is 48.0 Å². The molecule has 7 nitrogen and oxygen atoms in total. The number of fused-ring (bicyclic) bond motifs is 1. The van der Waals surface area contributed by atoms with Gasteiger partial charge in [0.2, 0.25) is 5.75 Å². The number of benzene rings is 2. The van der Waals surface area contributed by atoms with Gasteiger partial charge >= 0.3 is 0 Å². The third-order valence-electron chi connectivity index (χ3n) is 6.50. The average molecular weight is 542 g/mol. The standard InChI is InChI=1S/C27H32BrN3O4/c1-5-17(2)35-25-23(33-3)13-18(14-24(25)34-4)16-29-31-26(19-9-7-6-8-10-19)30-22-12-11-20(28)15-21(22)27(31)32/h11-17,19H,5-10H2,1-4H3/t17-/m1/s1. The lowest BCUT2D eigenvalue weighted by Gasteiger charge is -2.23. The van der Waals surface area contributed by atoms with Gasteiger partial charge in [-0.15, -0.1) is 0 Å². The van der Waals surface area contributed by atoms with Crippen molar-refractivity contribution in [3.05, 3.63) is 56.5 Å². The molecule has 1 aromatic heterocycles. The molecule has 1 saturated carbocycles. The van der Waals surface area contributed by atoms with E-state index in [9.17, 15) is 4.79 Å². The van der Waals surface area contributed by atoms with E-state index in [2.05, 4.69) is 28.0 Å². The molecule has 0 unspecified atom stereocenters. The predicted octanol–water partition coefficient (Wildman–Crippen LogP) is 6.28. The van der Waals surface area contributed by atoms with Gasteiger partial charge < -0.3 is 14.2 Å². The summed E-state index contributed by atoms with van der Waals surface area (Å²) in [4.78, 5) is 18.4. The summed E-state index contributed by atoms with van der Waals surface area (Å²) in [6.07, 6.45) is 8.01. The van der Waals surface area contributed by atoms with Crippen LogP contribution < -0.4 is 19.8 Å². The molecule has 1 heterocycles. The first-order chi connectivity index (χ1) is 16.9. The second-order valence-electron chi connectivity index (χ2n) is 8.92. The lowest BCUT2D eigenvalue weighted by Crippen LogP contribution is -2.25. The van der Waals surface area contributed by atoms with Crippen LogP contribution in [0.15, 0.2) is 44.7 Å². The van der Waals surface area contributed by atoms with Gasteiger partial charge in [0.1, 0.15) is 5.82 Å². The molecule has 1 aliphatic rings. The van der Waals surface area contributed by atoms with Gasteiger partial charge in [-0.25, -0.2) is 4.98 Å². The maximum atomic E-state index is 13.5. The molecule has 1 fully saturated rings. The van der Waals surface area contributed by atoms with E-state index in [1.165, 1.54) is 11.1 Å². The number of hydrogen-bond acceptors (Lipinski definition) is 6. The van der Waals surface area contributed by atoms with Crippen LogP contribution in [0.1, 0.15) is 69.7 Å². The molecule has 0 saturated heterocycles. The predicted molar refractivity (Wildman–Crippen MR) is 142 cm³/mol. The molecular formula is C27H32BrN3O4. The van der Waals surface area contributed by atoms with Crippen LogP contribution in [0.3, 0.4) is 0 Å². The Morgan fingerprint density at radius 3 is 2.46 bits per heavy atom. The fourth-order valence-corrected chi connectivity index (χ4v) is 4.76. The molecular weight excluding hydrogens is 510 g/mol. The van der Waals surface area contributed by atoms with E-state index in [4.69, 9.17) is 19.2 Å². The van der Waals surface area contributed by atoms with Gasteiger partial charge in [0.15, 0.2) is 11.5 Å². The lowest BCUT2D eigenvalue weighted by molar-refractivity contribution is 0.198. The van der Waals surface area contributed by atoms with E-state index in [-0.39, 0.29) is 17.6 Å². The minimum absolute atomic E-state index is 0.0111. The van der Waals surface area contributed by atoms with Crippen LogP contribution in [0.4, 0.5) is 0 Å². The van der Waals surface area contributed by atoms with Gasteiger partial charge in [0.25, 0.3) is 5.56 Å². The Balaban J connectivity index is 1.81. The van der Waals surface area contributed by atoms with E-state index in [1.54, 1.807) is 26.5 Å². The minimum Gasteiger partial charge on any atom is -0.493 e. The molecule has 0 spiro atoms. The van der Waals surface area contributed by atoms with Crippen LogP contribution in [-0.2, 0) is 0 Å². The monoisotopic (exact) mass is 541 g/mol. The van der Waals surface area contributed by atoms with E-state index in [1.807, 2.05) is 31.2 Å². The summed E-state index contributed by atoms with van der Waals surface area (Å²) in [5, 5.41) is 5.17. The van der Waals surface area contributed by atoms with Gasteiger partial charge in [-0.2, -0.15) is 9.78 Å². The summed E-state index contributed by atoms with van der Waals surface area (Å²) in [6, 6.07) is 9.26. The van der Waals surface area contributed by atoms with Crippen molar-refractivity contribution < 1.29 is 14.2 Å². The summed E-state index contributed by atoms with van der Waals surface area (Å²) in [5.41, 5.74) is 1.25. The summed E-state index contributed by atoms with van der Waals surface area (Å²) in [5.74, 6) is 2.57. The topological polar surface area (TPSA) is 74.9 Å². The highest BCUT2D eigenvalue weighted by Crippen LogP contribution is 2.39. The zero-order valence-electron chi connectivity index (χ0n) is 20.7. The fraction of sp³-hybridized carbons (Fsp3) is 0.444. The van der Waals surface area contributed by atoms with Crippen molar-refractivity contribution in [2.75, 3.05) is 14.2 Å². The van der Waals surface area contributed by atoms with Crippen LogP contribution in [0, 0.1) is 0 Å². The number of nitrogens with zero attached hydrogens (tertiary/aromatic N) is 3. The Hall–Kier alpha value is -2.87. The van der Waals surface area contributed by atoms with Crippen molar-refractivity contribution >= 4 is 33.0 Å². The number of aromatic nitrogens is 2. The van der Waals surface area contributed by atoms with Crippen LogP contribution in [0.25, 0.3) is 10.9 Å². The number of methoxy groups -OCH3 is 2. The van der Waals surface area contributed by atoms with Crippen LogP contribution in [0.5, 0.6) is 17.2 Å². The molecule has 1 aliphatic carbocycles. The molecule has 0 radical (unpaired) electrons. The Labute approximate surface area is 214 Å². The number of halogens is 1. The molecule has 1 atom stereocenters. The molecule has 0 aliphatic heterocycles. The highest BCUT2D eigenvalue weighted by molar-refractivity contribution is 9.10. The molecule has 0 N–H and O–H groups in total. The van der Waals surface area contributed by atoms with E-state index < -0.39 is 0 Å². The normalized spacial score (nSPS) is 15.5. The first-order valence-corrected chi connectivity index (χ1v) is 12.9. The summed E-state index contributed by atoms with van der Waals surface area (Å²) >= 11 is 3.47. The summed E-state index contributed by atoms with van der Waals surface area (Å²) in [7, 11) is 3.19. The summed E-state index contributed by atoms with van der Waals surface area (Å²) < 4.78 is 19.5. The zero-order chi connectivity index (χ0) is 24.9. The highest BCUT2D eigenvalue weighted by atomic mass is 79.9. The third-order valence-corrected chi connectivity index (χ3v) is 7.00. The van der Waals surface area contributed by atoms with Crippen LogP contribution in [-0.4, -0.2) is 36.2 Å². The average Bonchev–Trinajstić information content (AvgIpc) is 2.89. The quantitative estimate of drug-likeness (QED) is 0.313. The largest absolute Gasteiger partial charge is 0.493 e. The molecule has 2 aromatic carbocycles. The van der Waals surface area contributed by atoms with Gasteiger partial charge in [0, 0.05) is 16.0 Å². The first kappa shape index (κ1) is 25.2. The number of hydrogen-bond donors (Lipinski definition) is 0. The second kappa shape index (κ2) is 11.2. The van der Waals surface area contributed by atoms with Gasteiger partial charge in [-0.05, 0) is 56.5 Å². The van der Waals surface area contributed by atoms with Gasteiger partial charge in [-0.1, -0.05) is 42.1 Å². The second-order valence-corrected chi connectivity index (χ2v) is 9.83.